The van der Waals surface area contributed by atoms with Crippen LogP contribution >= 0.6 is 0 Å². The minimum Gasteiger partial charge on any atom is -0.404 e. The number of rotatable bonds is 9. The van der Waals surface area contributed by atoms with E-state index < -0.39 is 8.32 Å². The van der Waals surface area contributed by atoms with Gasteiger partial charge in [-0.3, -0.25) is 0 Å². The third kappa shape index (κ3) is 5.09. The molecule has 0 heterocycles. The molecule has 0 saturated carbocycles. The number of hydrogen-bond acceptors (Lipinski definition) is 1. The summed E-state index contributed by atoms with van der Waals surface area (Å²) in [5.41, 5.74) is 1.17. The highest BCUT2D eigenvalue weighted by Crippen LogP contribution is 2.38. The van der Waals surface area contributed by atoms with Crippen LogP contribution in [0.4, 0.5) is 0 Å². The molecule has 0 amide bonds. The predicted octanol–water partition coefficient (Wildman–Crippen LogP) is 5.86. The molecule has 0 aliphatic rings. The van der Waals surface area contributed by atoms with Crippen molar-refractivity contribution in [3.63, 3.8) is 0 Å². The Morgan fingerprint density at radius 3 is 1.85 bits per heavy atom. The molecule has 2 rings (SSSR count). The summed E-state index contributed by atoms with van der Waals surface area (Å²) >= 11 is 0. The van der Waals surface area contributed by atoms with Crippen LogP contribution in [0.25, 0.3) is 0 Å². The second-order valence-corrected chi connectivity index (χ2v) is 12.7. The van der Waals surface area contributed by atoms with Crippen LogP contribution in [0.2, 0.25) is 5.04 Å². The van der Waals surface area contributed by atoms with Gasteiger partial charge in [0.05, 0.1) is 0 Å². The fourth-order valence-electron chi connectivity index (χ4n) is 3.84. The molecule has 1 nitrogen and oxygen atoms in total. The van der Waals surface area contributed by atoms with Crippen molar-refractivity contribution >= 4 is 18.7 Å². The van der Waals surface area contributed by atoms with Gasteiger partial charge in [0.25, 0.3) is 8.32 Å². The SMILES string of the molecule is C=CCCC(CC(=C)C)O[Si](c1ccccc1)(c1ccccc1)C(C)(C)C. The van der Waals surface area contributed by atoms with Crippen LogP contribution < -0.4 is 10.4 Å². The van der Waals surface area contributed by atoms with Gasteiger partial charge in [-0.2, -0.15) is 0 Å². The minimum atomic E-state index is -2.50. The van der Waals surface area contributed by atoms with E-state index in [0.29, 0.717) is 0 Å². The third-order valence-electron chi connectivity index (χ3n) is 5.03. The van der Waals surface area contributed by atoms with Crippen LogP contribution in [0, 0.1) is 0 Å². The van der Waals surface area contributed by atoms with Crippen LogP contribution in [0.1, 0.15) is 47.0 Å². The second-order valence-electron chi connectivity index (χ2n) is 8.43. The van der Waals surface area contributed by atoms with Gasteiger partial charge in [0.2, 0.25) is 0 Å². The molecule has 0 spiro atoms. The normalized spacial score (nSPS) is 13.2. The van der Waals surface area contributed by atoms with Crippen molar-refractivity contribution in [1.29, 1.82) is 0 Å². The number of benzene rings is 2. The molecule has 0 N–H and O–H groups in total. The van der Waals surface area contributed by atoms with Gasteiger partial charge in [0.15, 0.2) is 0 Å². The first kappa shape index (κ1) is 21.4. The molecule has 2 heteroatoms. The van der Waals surface area contributed by atoms with Crippen LogP contribution in [-0.4, -0.2) is 14.4 Å². The smallest absolute Gasteiger partial charge is 0.261 e. The average Bonchev–Trinajstić information content (AvgIpc) is 2.64. The van der Waals surface area contributed by atoms with Gasteiger partial charge in [0, 0.05) is 6.10 Å². The molecule has 0 radical (unpaired) electrons. The molecule has 0 aliphatic heterocycles. The molecule has 0 bridgehead atoms. The fourth-order valence-corrected chi connectivity index (χ4v) is 8.55. The van der Waals surface area contributed by atoms with Crippen molar-refractivity contribution in [2.45, 2.75) is 58.1 Å². The zero-order valence-electron chi connectivity index (χ0n) is 17.4. The van der Waals surface area contributed by atoms with Crippen molar-refractivity contribution in [2.24, 2.45) is 0 Å². The minimum absolute atomic E-state index is 0.00277. The molecule has 0 aliphatic carbocycles. The summed E-state index contributed by atoms with van der Waals surface area (Å²) in [4.78, 5) is 0. The molecule has 0 fully saturated rings. The largest absolute Gasteiger partial charge is 0.404 e. The van der Waals surface area contributed by atoms with Gasteiger partial charge in [-0.25, -0.2) is 0 Å². The molecule has 0 saturated heterocycles. The molecule has 1 unspecified atom stereocenters. The quantitative estimate of drug-likeness (QED) is 0.392. The average molecular weight is 379 g/mol. The molecular weight excluding hydrogens is 344 g/mol. The van der Waals surface area contributed by atoms with Crippen molar-refractivity contribution in [2.75, 3.05) is 0 Å². The summed E-state index contributed by atoms with van der Waals surface area (Å²) in [6.45, 7) is 17.1. The van der Waals surface area contributed by atoms with Crippen LogP contribution in [0.5, 0.6) is 0 Å². The molecule has 27 heavy (non-hydrogen) atoms. The first-order valence-corrected chi connectivity index (χ1v) is 11.8. The van der Waals surface area contributed by atoms with Gasteiger partial charge in [-0.05, 0) is 41.6 Å². The van der Waals surface area contributed by atoms with E-state index in [-0.39, 0.29) is 11.1 Å². The van der Waals surface area contributed by atoms with Crippen LogP contribution in [0.15, 0.2) is 85.5 Å². The van der Waals surface area contributed by atoms with Gasteiger partial charge in [0.1, 0.15) is 0 Å². The summed E-state index contributed by atoms with van der Waals surface area (Å²) < 4.78 is 7.22. The van der Waals surface area contributed by atoms with E-state index in [1.54, 1.807) is 0 Å². The Bertz CT molecular complexity index is 688. The first-order chi connectivity index (χ1) is 12.8. The predicted molar refractivity (Wildman–Crippen MR) is 121 cm³/mol. The highest BCUT2D eigenvalue weighted by Gasteiger charge is 2.51. The zero-order chi connectivity index (χ0) is 19.9. The lowest BCUT2D eigenvalue weighted by atomic mass is 10.1. The highest BCUT2D eigenvalue weighted by molar-refractivity contribution is 6.99. The molecule has 2 aromatic rings. The number of allylic oxidation sites excluding steroid dienone is 1. The second kappa shape index (κ2) is 9.34. The summed E-state index contributed by atoms with van der Waals surface area (Å²) in [6.07, 6.45) is 4.95. The maximum absolute atomic E-state index is 7.22. The lowest BCUT2D eigenvalue weighted by Gasteiger charge is -2.45. The van der Waals surface area contributed by atoms with Crippen molar-refractivity contribution in [3.8, 4) is 0 Å². The Morgan fingerprint density at radius 1 is 1.00 bits per heavy atom. The Labute approximate surface area is 166 Å². The Hall–Kier alpha value is -1.90. The molecule has 144 valence electrons. The monoisotopic (exact) mass is 378 g/mol. The highest BCUT2D eigenvalue weighted by atomic mass is 28.4. The zero-order valence-corrected chi connectivity index (χ0v) is 18.4. The molecular formula is C25H34OSi. The van der Waals surface area contributed by atoms with Gasteiger partial charge in [-0.1, -0.05) is 93.1 Å². The van der Waals surface area contributed by atoms with E-state index in [0.717, 1.165) is 19.3 Å². The van der Waals surface area contributed by atoms with Gasteiger partial charge < -0.3 is 4.43 Å². The van der Waals surface area contributed by atoms with E-state index >= 15 is 0 Å². The van der Waals surface area contributed by atoms with Crippen molar-refractivity contribution < 1.29 is 4.43 Å². The van der Waals surface area contributed by atoms with E-state index in [2.05, 4.69) is 102 Å². The Balaban J connectivity index is 2.63. The van der Waals surface area contributed by atoms with E-state index in [1.165, 1.54) is 15.9 Å². The van der Waals surface area contributed by atoms with E-state index in [1.807, 2.05) is 6.08 Å². The number of hydrogen-bond donors (Lipinski definition) is 0. The summed E-state index contributed by atoms with van der Waals surface area (Å²) in [5, 5.41) is 2.65. The lowest BCUT2D eigenvalue weighted by Crippen LogP contribution is -2.67. The summed E-state index contributed by atoms with van der Waals surface area (Å²) in [7, 11) is -2.50. The fraction of sp³-hybridized carbons (Fsp3) is 0.360. The van der Waals surface area contributed by atoms with E-state index in [9.17, 15) is 0 Å². The maximum atomic E-state index is 7.22. The Kier molecular flexibility index (Phi) is 7.40. The van der Waals surface area contributed by atoms with E-state index in [4.69, 9.17) is 4.43 Å². The molecule has 0 aromatic heterocycles. The molecule has 2 aromatic carbocycles. The Morgan fingerprint density at radius 2 is 1.48 bits per heavy atom. The van der Waals surface area contributed by atoms with Gasteiger partial charge in [-0.15, -0.1) is 13.2 Å². The van der Waals surface area contributed by atoms with Gasteiger partial charge >= 0.3 is 0 Å². The van der Waals surface area contributed by atoms with Crippen molar-refractivity contribution in [3.05, 3.63) is 85.5 Å². The summed E-state index contributed by atoms with van der Waals surface area (Å²) in [6, 6.07) is 21.7. The van der Waals surface area contributed by atoms with Crippen LogP contribution in [-0.2, 0) is 4.43 Å². The topological polar surface area (TPSA) is 9.23 Å². The molecule has 1 atom stereocenters. The first-order valence-electron chi connectivity index (χ1n) is 9.85. The standard InChI is InChI=1S/C25H34OSi/c1-7-8-15-22(20-21(2)3)26-27(25(4,5)6,23-16-11-9-12-17-23)24-18-13-10-14-19-24/h7,9-14,16-19,22H,1-2,8,15,20H2,3-6H3. The third-order valence-corrected chi connectivity index (χ3v) is 10.1. The lowest BCUT2D eigenvalue weighted by molar-refractivity contribution is 0.178. The maximum Gasteiger partial charge on any atom is 0.261 e. The van der Waals surface area contributed by atoms with Crippen molar-refractivity contribution in [1.82, 2.24) is 0 Å². The summed E-state index contributed by atoms with van der Waals surface area (Å²) in [5.74, 6) is 0. The van der Waals surface area contributed by atoms with Crippen LogP contribution in [0.3, 0.4) is 0 Å².